The van der Waals surface area contributed by atoms with E-state index in [2.05, 4.69) is 31.2 Å². The molecular weight excluding hydrogens is 236 g/mol. The van der Waals surface area contributed by atoms with Gasteiger partial charge in [0.15, 0.2) is 5.78 Å². The molecule has 2 rings (SSSR count). The summed E-state index contributed by atoms with van der Waals surface area (Å²) in [5, 5.41) is 0. The van der Waals surface area contributed by atoms with Gasteiger partial charge >= 0.3 is 0 Å². The van der Waals surface area contributed by atoms with Crippen LogP contribution in [0.5, 0.6) is 0 Å². The van der Waals surface area contributed by atoms with Crippen molar-refractivity contribution in [2.45, 2.75) is 26.2 Å². The van der Waals surface area contributed by atoms with E-state index >= 15 is 0 Å². The van der Waals surface area contributed by atoms with Gasteiger partial charge in [0.2, 0.25) is 0 Å². The molecule has 100 valence electrons. The van der Waals surface area contributed by atoms with Gasteiger partial charge < -0.3 is 4.74 Å². The second-order valence-corrected chi connectivity index (χ2v) is 5.26. The Labute approximate surface area is 114 Å². The number of benzene rings is 1. The van der Waals surface area contributed by atoms with Gasteiger partial charge in [-0.15, -0.1) is 0 Å². The third-order valence-corrected chi connectivity index (χ3v) is 3.71. The second kappa shape index (κ2) is 5.87. The first-order valence-electron chi connectivity index (χ1n) is 6.65. The number of ether oxygens (including phenoxy) is 1. The Balaban J connectivity index is 2.07. The number of rotatable bonds is 4. The topological polar surface area (TPSA) is 26.3 Å². The van der Waals surface area contributed by atoms with Gasteiger partial charge in [0, 0.05) is 17.9 Å². The van der Waals surface area contributed by atoms with Crippen molar-refractivity contribution in [2.24, 2.45) is 5.41 Å². The highest BCUT2D eigenvalue weighted by molar-refractivity contribution is 5.91. The number of allylic oxidation sites excluding steroid dienone is 3. The fraction of sp³-hybridized carbons (Fsp3) is 0.353. The zero-order valence-electron chi connectivity index (χ0n) is 11.6. The van der Waals surface area contributed by atoms with Crippen LogP contribution in [0.3, 0.4) is 0 Å². The van der Waals surface area contributed by atoms with E-state index in [9.17, 15) is 4.79 Å². The van der Waals surface area contributed by atoms with E-state index in [-0.39, 0.29) is 11.2 Å². The number of ketones is 1. The third-order valence-electron chi connectivity index (χ3n) is 3.71. The molecule has 0 aromatic heterocycles. The van der Waals surface area contributed by atoms with Crippen LogP contribution < -0.4 is 0 Å². The Kier molecular flexibility index (Phi) is 4.20. The summed E-state index contributed by atoms with van der Waals surface area (Å²) >= 11 is 0. The molecule has 1 unspecified atom stereocenters. The van der Waals surface area contributed by atoms with Crippen molar-refractivity contribution in [2.75, 3.05) is 7.11 Å². The first-order chi connectivity index (χ1) is 9.14. The summed E-state index contributed by atoms with van der Waals surface area (Å²) in [5.74, 6) is 0.975. The van der Waals surface area contributed by atoms with Crippen molar-refractivity contribution in [3.05, 3.63) is 53.8 Å². The third kappa shape index (κ3) is 3.34. The lowest BCUT2D eigenvalue weighted by molar-refractivity contribution is -0.116. The van der Waals surface area contributed by atoms with Crippen LogP contribution in [0.2, 0.25) is 0 Å². The van der Waals surface area contributed by atoms with Crippen molar-refractivity contribution in [1.82, 2.24) is 0 Å². The SMILES string of the molecule is COC1=CC(=O)CCC1(C)C/C=C/c1ccccc1. The number of hydrogen-bond acceptors (Lipinski definition) is 2. The van der Waals surface area contributed by atoms with Crippen molar-refractivity contribution >= 4 is 11.9 Å². The average Bonchev–Trinajstić information content (AvgIpc) is 2.43. The van der Waals surface area contributed by atoms with Gasteiger partial charge in [-0.2, -0.15) is 0 Å². The molecule has 0 fully saturated rings. The Morgan fingerprint density at radius 1 is 1.32 bits per heavy atom. The van der Waals surface area contributed by atoms with Gasteiger partial charge in [0.1, 0.15) is 5.76 Å². The highest BCUT2D eigenvalue weighted by Crippen LogP contribution is 2.40. The van der Waals surface area contributed by atoms with Crippen LogP contribution in [0, 0.1) is 5.41 Å². The number of carbonyl (C=O) groups excluding carboxylic acids is 1. The Hall–Kier alpha value is -1.83. The van der Waals surface area contributed by atoms with Crippen LogP contribution in [-0.2, 0) is 9.53 Å². The first-order valence-corrected chi connectivity index (χ1v) is 6.65. The number of hydrogen-bond donors (Lipinski definition) is 0. The molecule has 0 N–H and O–H groups in total. The molecule has 1 aromatic carbocycles. The van der Waals surface area contributed by atoms with Gasteiger partial charge in [-0.25, -0.2) is 0 Å². The molecule has 1 aromatic rings. The summed E-state index contributed by atoms with van der Waals surface area (Å²) in [4.78, 5) is 11.4. The van der Waals surface area contributed by atoms with Crippen LogP contribution in [0.15, 0.2) is 48.2 Å². The Morgan fingerprint density at radius 2 is 2.05 bits per heavy atom. The molecule has 0 saturated heterocycles. The minimum Gasteiger partial charge on any atom is -0.500 e. The molecule has 0 saturated carbocycles. The quantitative estimate of drug-likeness (QED) is 0.814. The Morgan fingerprint density at radius 3 is 2.74 bits per heavy atom. The highest BCUT2D eigenvalue weighted by Gasteiger charge is 2.33. The van der Waals surface area contributed by atoms with E-state index in [0.717, 1.165) is 18.6 Å². The van der Waals surface area contributed by atoms with Gasteiger partial charge in [0.25, 0.3) is 0 Å². The van der Waals surface area contributed by atoms with Crippen molar-refractivity contribution < 1.29 is 9.53 Å². The van der Waals surface area contributed by atoms with E-state index < -0.39 is 0 Å². The molecular formula is C17H20O2. The van der Waals surface area contributed by atoms with E-state index in [1.165, 1.54) is 5.56 Å². The van der Waals surface area contributed by atoms with Gasteiger partial charge in [-0.1, -0.05) is 49.4 Å². The Bertz CT molecular complexity index is 499. The van der Waals surface area contributed by atoms with Gasteiger partial charge in [0.05, 0.1) is 7.11 Å². The molecule has 0 heterocycles. The lowest BCUT2D eigenvalue weighted by Crippen LogP contribution is -2.25. The standard InChI is InChI=1S/C17H20O2/c1-17(12-10-15(18)13-16(17)19-2)11-6-9-14-7-4-3-5-8-14/h3-9,13H,10-12H2,1-2H3/b9-6+. The smallest absolute Gasteiger partial charge is 0.159 e. The fourth-order valence-corrected chi connectivity index (χ4v) is 2.44. The van der Waals surface area contributed by atoms with Crippen molar-refractivity contribution in [3.63, 3.8) is 0 Å². The van der Waals surface area contributed by atoms with Crippen molar-refractivity contribution in [1.29, 1.82) is 0 Å². The zero-order chi connectivity index (χ0) is 13.7. The molecule has 0 amide bonds. The molecule has 2 heteroatoms. The minimum absolute atomic E-state index is 0.0616. The van der Waals surface area contributed by atoms with E-state index in [0.29, 0.717) is 6.42 Å². The molecule has 0 spiro atoms. The molecule has 1 aliphatic carbocycles. The summed E-state index contributed by atoms with van der Waals surface area (Å²) in [7, 11) is 1.64. The maximum absolute atomic E-state index is 11.4. The maximum atomic E-state index is 11.4. The fourth-order valence-electron chi connectivity index (χ4n) is 2.44. The van der Waals surface area contributed by atoms with Crippen LogP contribution in [0.25, 0.3) is 6.08 Å². The molecule has 0 radical (unpaired) electrons. The second-order valence-electron chi connectivity index (χ2n) is 5.26. The molecule has 2 nitrogen and oxygen atoms in total. The highest BCUT2D eigenvalue weighted by atomic mass is 16.5. The summed E-state index contributed by atoms with van der Waals surface area (Å²) in [6.07, 6.45) is 8.29. The molecule has 0 bridgehead atoms. The number of carbonyl (C=O) groups is 1. The normalized spacial score (nSPS) is 23.5. The van der Waals surface area contributed by atoms with Crippen LogP contribution in [-0.4, -0.2) is 12.9 Å². The van der Waals surface area contributed by atoms with Crippen molar-refractivity contribution in [3.8, 4) is 0 Å². The van der Waals surface area contributed by atoms with Gasteiger partial charge in [-0.05, 0) is 18.4 Å². The summed E-state index contributed by atoms with van der Waals surface area (Å²) in [6.45, 7) is 2.16. The van der Waals surface area contributed by atoms with E-state index in [1.54, 1.807) is 13.2 Å². The monoisotopic (exact) mass is 256 g/mol. The van der Waals surface area contributed by atoms with Crippen LogP contribution in [0.4, 0.5) is 0 Å². The summed E-state index contributed by atoms with van der Waals surface area (Å²) in [6, 6.07) is 10.2. The van der Waals surface area contributed by atoms with E-state index in [4.69, 9.17) is 4.74 Å². The molecule has 1 atom stereocenters. The van der Waals surface area contributed by atoms with Gasteiger partial charge in [-0.3, -0.25) is 4.79 Å². The zero-order valence-corrected chi connectivity index (χ0v) is 11.6. The van der Waals surface area contributed by atoms with Crippen LogP contribution >= 0.6 is 0 Å². The molecule has 1 aliphatic rings. The predicted molar refractivity (Wildman–Crippen MR) is 77.5 cm³/mol. The summed E-state index contributed by atoms with van der Waals surface area (Å²) < 4.78 is 5.39. The lowest BCUT2D eigenvalue weighted by atomic mass is 9.76. The largest absolute Gasteiger partial charge is 0.500 e. The lowest BCUT2D eigenvalue weighted by Gasteiger charge is -2.32. The number of methoxy groups -OCH3 is 1. The maximum Gasteiger partial charge on any atom is 0.159 e. The first kappa shape index (κ1) is 13.6. The van der Waals surface area contributed by atoms with E-state index in [1.807, 2.05) is 18.2 Å². The summed E-state index contributed by atoms with van der Waals surface area (Å²) in [5.41, 5.74) is 1.13. The van der Waals surface area contributed by atoms with Crippen LogP contribution in [0.1, 0.15) is 31.7 Å². The average molecular weight is 256 g/mol. The predicted octanol–water partition coefficient (Wildman–Crippen LogP) is 3.99. The molecule has 19 heavy (non-hydrogen) atoms. The molecule has 0 aliphatic heterocycles. The minimum atomic E-state index is -0.0616.